The first kappa shape index (κ1) is 20.7. The van der Waals surface area contributed by atoms with Crippen LogP contribution in [0.1, 0.15) is 17.5 Å². The van der Waals surface area contributed by atoms with Crippen LogP contribution in [0.5, 0.6) is 0 Å². The van der Waals surface area contributed by atoms with Crippen LogP contribution in [-0.2, 0) is 17.0 Å². The maximum Gasteiger partial charge on any atom is 0.220 e. The lowest BCUT2D eigenvalue weighted by Gasteiger charge is -2.08. The fourth-order valence-electron chi connectivity index (χ4n) is 2.14. The van der Waals surface area contributed by atoms with Crippen molar-refractivity contribution in [3.8, 4) is 0 Å². The minimum Gasteiger partial charge on any atom is -0.355 e. The van der Waals surface area contributed by atoms with Gasteiger partial charge in [0, 0.05) is 44.6 Å². The summed E-state index contributed by atoms with van der Waals surface area (Å²) in [4.78, 5) is 11.9. The number of rotatable bonds is 8. The number of hydrogen-bond donors (Lipinski definition) is 1. The Morgan fingerprint density at radius 2 is 1.52 bits per heavy atom. The summed E-state index contributed by atoms with van der Waals surface area (Å²) >= 11 is 25.7. The number of thioether (sulfide) groups is 1. The first-order valence-corrected chi connectivity index (χ1v) is 10.3. The third kappa shape index (κ3) is 7.28. The normalized spacial score (nSPS) is 10.7. The minimum atomic E-state index is 0.0103. The van der Waals surface area contributed by atoms with Crippen LogP contribution in [0.2, 0.25) is 20.1 Å². The number of hydrogen-bond acceptors (Lipinski definition) is 2. The average Bonchev–Trinajstić information content (AvgIpc) is 2.55. The third-order valence-corrected chi connectivity index (χ3v) is 5.66. The van der Waals surface area contributed by atoms with Gasteiger partial charge in [-0.25, -0.2) is 0 Å². The molecule has 2 aromatic carbocycles. The molecule has 0 spiro atoms. The molecule has 0 aliphatic rings. The fourth-order valence-corrected chi connectivity index (χ4v) is 4.06. The predicted octanol–water partition coefficient (Wildman–Crippen LogP) is 6.28. The molecule has 0 radical (unpaired) electrons. The van der Waals surface area contributed by atoms with E-state index in [1.54, 1.807) is 30.0 Å². The maximum atomic E-state index is 11.9. The third-order valence-electron chi connectivity index (χ3n) is 3.48. The fraction of sp³-hybridized carbons (Fsp3) is 0.278. The molecule has 0 unspecified atom stereocenters. The van der Waals surface area contributed by atoms with E-state index in [2.05, 4.69) is 5.32 Å². The van der Waals surface area contributed by atoms with Crippen LogP contribution in [-0.4, -0.2) is 18.2 Å². The van der Waals surface area contributed by atoms with Crippen molar-refractivity contribution in [1.29, 1.82) is 0 Å². The lowest BCUT2D eigenvalue weighted by atomic mass is 10.1. The monoisotopic (exact) mass is 435 g/mol. The number of carbonyl (C=O) groups excluding carboxylic acids is 1. The van der Waals surface area contributed by atoms with Gasteiger partial charge in [0.15, 0.2) is 0 Å². The summed E-state index contributed by atoms with van der Waals surface area (Å²) in [7, 11) is 0. The highest BCUT2D eigenvalue weighted by Crippen LogP contribution is 2.24. The standard InChI is InChI=1S/C18H17Cl4NOS/c19-14-4-1-12(16(21)9-14)3-6-18(24)23-7-8-25-11-13-2-5-15(20)10-17(13)22/h1-2,4-5,9-10H,3,6-8,11H2,(H,23,24). The largest absolute Gasteiger partial charge is 0.355 e. The summed E-state index contributed by atoms with van der Waals surface area (Å²) in [6, 6.07) is 10.8. The summed E-state index contributed by atoms with van der Waals surface area (Å²) in [6.07, 6.45) is 0.990. The molecule has 25 heavy (non-hydrogen) atoms. The average molecular weight is 437 g/mol. The van der Waals surface area contributed by atoms with Gasteiger partial charge in [-0.1, -0.05) is 58.5 Å². The molecule has 0 atom stereocenters. The Hall–Kier alpha value is -0.580. The van der Waals surface area contributed by atoms with E-state index < -0.39 is 0 Å². The van der Waals surface area contributed by atoms with Crippen LogP contribution in [0, 0.1) is 0 Å². The highest BCUT2D eigenvalue weighted by molar-refractivity contribution is 7.98. The van der Waals surface area contributed by atoms with E-state index in [4.69, 9.17) is 46.4 Å². The Kier molecular flexibility index (Phi) is 8.74. The summed E-state index contributed by atoms with van der Waals surface area (Å²) in [5.74, 6) is 1.61. The molecule has 134 valence electrons. The van der Waals surface area contributed by atoms with Gasteiger partial charge in [0.1, 0.15) is 0 Å². The second-order valence-electron chi connectivity index (χ2n) is 5.37. The zero-order valence-electron chi connectivity index (χ0n) is 13.3. The number of benzene rings is 2. The van der Waals surface area contributed by atoms with Crippen LogP contribution in [0.4, 0.5) is 0 Å². The topological polar surface area (TPSA) is 29.1 Å². The molecular formula is C18H17Cl4NOS. The second-order valence-corrected chi connectivity index (χ2v) is 8.17. The highest BCUT2D eigenvalue weighted by atomic mass is 35.5. The Morgan fingerprint density at radius 1 is 0.920 bits per heavy atom. The van der Waals surface area contributed by atoms with Crippen molar-refractivity contribution in [3.05, 3.63) is 67.6 Å². The van der Waals surface area contributed by atoms with E-state index in [1.807, 2.05) is 18.2 Å². The Bertz CT molecular complexity index is 739. The first-order chi connectivity index (χ1) is 12.0. The molecule has 0 aliphatic heterocycles. The molecule has 1 N–H and O–H groups in total. The van der Waals surface area contributed by atoms with Crippen molar-refractivity contribution in [1.82, 2.24) is 5.32 Å². The van der Waals surface area contributed by atoms with Gasteiger partial charge in [-0.05, 0) is 41.8 Å². The molecular weight excluding hydrogens is 420 g/mol. The molecule has 1 amide bonds. The lowest BCUT2D eigenvalue weighted by molar-refractivity contribution is -0.120. The van der Waals surface area contributed by atoms with Crippen molar-refractivity contribution in [2.24, 2.45) is 0 Å². The molecule has 7 heteroatoms. The molecule has 0 fully saturated rings. The van der Waals surface area contributed by atoms with Crippen molar-refractivity contribution in [2.45, 2.75) is 18.6 Å². The van der Waals surface area contributed by atoms with Gasteiger partial charge in [0.2, 0.25) is 5.91 Å². The highest BCUT2D eigenvalue weighted by Gasteiger charge is 2.06. The Labute approximate surface area is 172 Å². The number of aryl methyl sites for hydroxylation is 1. The predicted molar refractivity (Wildman–Crippen MR) is 110 cm³/mol. The van der Waals surface area contributed by atoms with Gasteiger partial charge in [0.25, 0.3) is 0 Å². The van der Waals surface area contributed by atoms with Gasteiger partial charge in [-0.2, -0.15) is 11.8 Å². The zero-order valence-corrected chi connectivity index (χ0v) is 17.2. The van der Waals surface area contributed by atoms with Gasteiger partial charge in [-0.15, -0.1) is 0 Å². The molecule has 2 rings (SSSR count). The van der Waals surface area contributed by atoms with Crippen molar-refractivity contribution in [3.63, 3.8) is 0 Å². The Morgan fingerprint density at radius 3 is 2.12 bits per heavy atom. The summed E-state index contributed by atoms with van der Waals surface area (Å²) in [5, 5.41) is 5.40. The molecule has 0 bridgehead atoms. The maximum absolute atomic E-state index is 11.9. The van der Waals surface area contributed by atoms with Crippen LogP contribution in [0.15, 0.2) is 36.4 Å². The van der Waals surface area contributed by atoms with Crippen LogP contribution in [0.25, 0.3) is 0 Å². The minimum absolute atomic E-state index is 0.0103. The van der Waals surface area contributed by atoms with Crippen LogP contribution >= 0.6 is 58.2 Å². The second kappa shape index (κ2) is 10.5. The quantitative estimate of drug-likeness (QED) is 0.493. The Balaban J connectivity index is 1.63. The number of amides is 1. The molecule has 2 aromatic rings. The van der Waals surface area contributed by atoms with Crippen molar-refractivity contribution < 1.29 is 4.79 Å². The van der Waals surface area contributed by atoms with E-state index >= 15 is 0 Å². The summed E-state index contributed by atoms with van der Waals surface area (Å²) in [6.45, 7) is 0.614. The molecule has 0 saturated carbocycles. The van der Waals surface area contributed by atoms with E-state index in [9.17, 15) is 4.79 Å². The smallest absolute Gasteiger partial charge is 0.220 e. The van der Waals surface area contributed by atoms with Crippen molar-refractivity contribution >= 4 is 64.1 Å². The van der Waals surface area contributed by atoms with E-state index in [1.165, 1.54) is 0 Å². The van der Waals surface area contributed by atoms with Gasteiger partial charge >= 0.3 is 0 Å². The van der Waals surface area contributed by atoms with Crippen LogP contribution < -0.4 is 5.32 Å². The van der Waals surface area contributed by atoms with Gasteiger partial charge < -0.3 is 5.32 Å². The first-order valence-electron chi connectivity index (χ1n) is 7.68. The molecule has 0 heterocycles. The van der Waals surface area contributed by atoms with E-state index in [0.29, 0.717) is 39.5 Å². The molecule has 0 aromatic heterocycles. The zero-order chi connectivity index (χ0) is 18.2. The number of halogens is 4. The van der Waals surface area contributed by atoms with Crippen LogP contribution in [0.3, 0.4) is 0 Å². The van der Waals surface area contributed by atoms with E-state index in [0.717, 1.165) is 22.6 Å². The molecule has 0 saturated heterocycles. The lowest BCUT2D eigenvalue weighted by Crippen LogP contribution is -2.25. The molecule has 2 nitrogen and oxygen atoms in total. The van der Waals surface area contributed by atoms with Gasteiger partial charge in [-0.3, -0.25) is 4.79 Å². The molecule has 0 aliphatic carbocycles. The van der Waals surface area contributed by atoms with Crippen molar-refractivity contribution in [2.75, 3.05) is 12.3 Å². The summed E-state index contributed by atoms with van der Waals surface area (Å²) in [5.41, 5.74) is 1.97. The number of carbonyl (C=O) groups is 1. The van der Waals surface area contributed by atoms with Gasteiger partial charge in [0.05, 0.1) is 0 Å². The summed E-state index contributed by atoms with van der Waals surface area (Å²) < 4.78 is 0. The SMILES string of the molecule is O=C(CCc1ccc(Cl)cc1Cl)NCCSCc1ccc(Cl)cc1Cl. The van der Waals surface area contributed by atoms with E-state index in [-0.39, 0.29) is 5.91 Å². The number of nitrogens with one attached hydrogen (secondary N) is 1.